The van der Waals surface area contributed by atoms with E-state index in [2.05, 4.69) is 11.0 Å². The highest BCUT2D eigenvalue weighted by molar-refractivity contribution is 5.31. The normalized spacial score (nSPS) is 17.6. The second-order valence-electron chi connectivity index (χ2n) is 4.28. The number of likely N-dealkylation sites (tertiary alicyclic amines) is 1. The summed E-state index contributed by atoms with van der Waals surface area (Å²) >= 11 is 0. The van der Waals surface area contributed by atoms with E-state index in [0.717, 1.165) is 24.4 Å². The van der Waals surface area contributed by atoms with Gasteiger partial charge in [0.2, 0.25) is 0 Å². The van der Waals surface area contributed by atoms with Crippen LogP contribution in [-0.2, 0) is 0 Å². The van der Waals surface area contributed by atoms with Crippen LogP contribution in [-0.4, -0.2) is 24.6 Å². The van der Waals surface area contributed by atoms with Gasteiger partial charge in [-0.15, -0.1) is 0 Å². The Kier molecular flexibility index (Phi) is 4.00. The SMILES string of the molecule is CCOc1ccc(C(C#N)N2CCCC2)cc1. The Bertz CT molecular complexity index is 388. The van der Waals surface area contributed by atoms with Gasteiger partial charge in [0.1, 0.15) is 11.8 Å². The van der Waals surface area contributed by atoms with Crippen molar-refractivity contribution in [3.8, 4) is 11.8 Å². The Labute approximate surface area is 103 Å². The van der Waals surface area contributed by atoms with Crippen molar-refractivity contribution in [1.82, 2.24) is 4.90 Å². The highest BCUT2D eigenvalue weighted by Crippen LogP contribution is 2.25. The van der Waals surface area contributed by atoms with E-state index in [9.17, 15) is 5.26 Å². The van der Waals surface area contributed by atoms with Crippen LogP contribution in [0.3, 0.4) is 0 Å². The number of ether oxygens (including phenoxy) is 1. The number of nitrogens with zero attached hydrogens (tertiary/aromatic N) is 2. The first-order chi connectivity index (χ1) is 8.35. The number of rotatable bonds is 4. The number of nitriles is 1. The maximum Gasteiger partial charge on any atom is 0.123 e. The summed E-state index contributed by atoms with van der Waals surface area (Å²) in [6.07, 6.45) is 2.41. The third-order valence-corrected chi connectivity index (χ3v) is 3.13. The van der Waals surface area contributed by atoms with Crippen LogP contribution in [0, 0.1) is 11.3 Å². The van der Waals surface area contributed by atoms with E-state index in [1.165, 1.54) is 12.8 Å². The van der Waals surface area contributed by atoms with Crippen LogP contribution in [0.25, 0.3) is 0 Å². The van der Waals surface area contributed by atoms with E-state index in [1.54, 1.807) is 0 Å². The molecule has 1 heterocycles. The van der Waals surface area contributed by atoms with E-state index in [0.29, 0.717) is 6.61 Å². The number of benzene rings is 1. The maximum absolute atomic E-state index is 9.29. The lowest BCUT2D eigenvalue weighted by atomic mass is 10.1. The molecule has 1 saturated heterocycles. The molecule has 1 aliphatic rings. The topological polar surface area (TPSA) is 36.3 Å². The van der Waals surface area contributed by atoms with Crippen LogP contribution in [0.1, 0.15) is 31.4 Å². The van der Waals surface area contributed by atoms with E-state index in [1.807, 2.05) is 31.2 Å². The van der Waals surface area contributed by atoms with Gasteiger partial charge in [-0.25, -0.2) is 0 Å². The highest BCUT2D eigenvalue weighted by Gasteiger charge is 2.22. The molecule has 0 radical (unpaired) electrons. The van der Waals surface area contributed by atoms with Crippen molar-refractivity contribution >= 4 is 0 Å². The van der Waals surface area contributed by atoms with Gasteiger partial charge in [0.15, 0.2) is 0 Å². The molecule has 0 saturated carbocycles. The van der Waals surface area contributed by atoms with Crippen molar-refractivity contribution in [3.05, 3.63) is 29.8 Å². The number of hydrogen-bond donors (Lipinski definition) is 0. The summed E-state index contributed by atoms with van der Waals surface area (Å²) in [7, 11) is 0. The van der Waals surface area contributed by atoms with Crippen LogP contribution < -0.4 is 4.74 Å². The summed E-state index contributed by atoms with van der Waals surface area (Å²) in [5.41, 5.74) is 1.07. The zero-order valence-corrected chi connectivity index (χ0v) is 10.2. The molecule has 3 heteroatoms. The van der Waals surface area contributed by atoms with Gasteiger partial charge in [0, 0.05) is 0 Å². The fourth-order valence-electron chi connectivity index (χ4n) is 2.28. The summed E-state index contributed by atoms with van der Waals surface area (Å²) < 4.78 is 5.40. The van der Waals surface area contributed by atoms with Gasteiger partial charge in [0.25, 0.3) is 0 Å². The van der Waals surface area contributed by atoms with Crippen molar-refractivity contribution in [2.24, 2.45) is 0 Å². The predicted molar refractivity (Wildman–Crippen MR) is 66.8 cm³/mol. The Hall–Kier alpha value is -1.53. The Morgan fingerprint density at radius 1 is 1.29 bits per heavy atom. The molecule has 17 heavy (non-hydrogen) atoms. The molecule has 0 aliphatic carbocycles. The van der Waals surface area contributed by atoms with E-state index < -0.39 is 0 Å². The van der Waals surface area contributed by atoms with Gasteiger partial charge in [-0.2, -0.15) is 5.26 Å². The molecule has 1 aromatic rings. The number of hydrogen-bond acceptors (Lipinski definition) is 3. The maximum atomic E-state index is 9.29. The minimum Gasteiger partial charge on any atom is -0.494 e. The van der Waals surface area contributed by atoms with Crippen LogP contribution >= 0.6 is 0 Å². The Morgan fingerprint density at radius 3 is 2.47 bits per heavy atom. The lowest BCUT2D eigenvalue weighted by Gasteiger charge is -2.21. The molecule has 1 atom stereocenters. The van der Waals surface area contributed by atoms with E-state index in [-0.39, 0.29) is 6.04 Å². The lowest BCUT2D eigenvalue weighted by molar-refractivity contribution is 0.294. The molecule has 1 aromatic carbocycles. The average molecular weight is 230 g/mol. The summed E-state index contributed by atoms with van der Waals surface area (Å²) in [6, 6.07) is 10.2. The fourth-order valence-corrected chi connectivity index (χ4v) is 2.28. The summed E-state index contributed by atoms with van der Waals surface area (Å²) in [5, 5.41) is 9.29. The Morgan fingerprint density at radius 2 is 1.94 bits per heavy atom. The zero-order chi connectivity index (χ0) is 12.1. The first-order valence-electron chi connectivity index (χ1n) is 6.21. The fraction of sp³-hybridized carbons (Fsp3) is 0.500. The largest absolute Gasteiger partial charge is 0.494 e. The van der Waals surface area contributed by atoms with Crippen molar-refractivity contribution in [2.75, 3.05) is 19.7 Å². The van der Waals surface area contributed by atoms with Gasteiger partial charge < -0.3 is 4.74 Å². The summed E-state index contributed by atoms with van der Waals surface area (Å²) in [6.45, 7) is 4.71. The quantitative estimate of drug-likeness (QED) is 0.798. The lowest BCUT2D eigenvalue weighted by Crippen LogP contribution is -2.24. The third kappa shape index (κ3) is 2.78. The molecule has 1 unspecified atom stereocenters. The van der Waals surface area contributed by atoms with Crippen molar-refractivity contribution in [1.29, 1.82) is 5.26 Å². The molecular formula is C14H18N2O. The van der Waals surface area contributed by atoms with Gasteiger partial charge in [-0.3, -0.25) is 4.90 Å². The van der Waals surface area contributed by atoms with Crippen LogP contribution in [0.5, 0.6) is 5.75 Å². The van der Waals surface area contributed by atoms with Gasteiger partial charge in [0.05, 0.1) is 12.7 Å². The molecular weight excluding hydrogens is 212 g/mol. The van der Waals surface area contributed by atoms with Crippen LogP contribution in [0.15, 0.2) is 24.3 Å². The molecule has 0 aromatic heterocycles. The van der Waals surface area contributed by atoms with Gasteiger partial charge in [-0.05, 0) is 50.6 Å². The molecule has 1 fully saturated rings. The molecule has 2 rings (SSSR count). The second kappa shape index (κ2) is 5.70. The summed E-state index contributed by atoms with van der Waals surface area (Å²) in [4.78, 5) is 2.25. The zero-order valence-electron chi connectivity index (χ0n) is 10.2. The molecule has 1 aliphatic heterocycles. The van der Waals surface area contributed by atoms with Gasteiger partial charge >= 0.3 is 0 Å². The second-order valence-corrected chi connectivity index (χ2v) is 4.28. The first-order valence-corrected chi connectivity index (χ1v) is 6.21. The van der Waals surface area contributed by atoms with E-state index >= 15 is 0 Å². The van der Waals surface area contributed by atoms with Crippen LogP contribution in [0.4, 0.5) is 0 Å². The average Bonchev–Trinajstić information content (AvgIpc) is 2.86. The molecule has 0 amide bonds. The molecule has 0 N–H and O–H groups in total. The van der Waals surface area contributed by atoms with Crippen molar-refractivity contribution in [2.45, 2.75) is 25.8 Å². The minimum absolute atomic E-state index is 0.104. The standard InChI is InChI=1S/C14H18N2O/c1-2-17-13-7-5-12(6-8-13)14(11-15)16-9-3-4-10-16/h5-8,14H,2-4,9-10H2,1H3. The predicted octanol–water partition coefficient (Wildman–Crippen LogP) is 2.75. The monoisotopic (exact) mass is 230 g/mol. The minimum atomic E-state index is -0.104. The summed E-state index contributed by atoms with van der Waals surface area (Å²) in [5.74, 6) is 0.870. The molecule has 0 bridgehead atoms. The van der Waals surface area contributed by atoms with Gasteiger partial charge in [-0.1, -0.05) is 12.1 Å². The smallest absolute Gasteiger partial charge is 0.123 e. The first kappa shape index (κ1) is 11.9. The van der Waals surface area contributed by atoms with Crippen molar-refractivity contribution in [3.63, 3.8) is 0 Å². The van der Waals surface area contributed by atoms with E-state index in [4.69, 9.17) is 4.74 Å². The third-order valence-electron chi connectivity index (χ3n) is 3.13. The molecule has 0 spiro atoms. The molecule has 3 nitrogen and oxygen atoms in total. The van der Waals surface area contributed by atoms with Crippen molar-refractivity contribution < 1.29 is 4.74 Å². The Balaban J connectivity index is 2.11. The van der Waals surface area contributed by atoms with Crippen LogP contribution in [0.2, 0.25) is 0 Å². The molecule has 90 valence electrons. The highest BCUT2D eigenvalue weighted by atomic mass is 16.5.